The molecule has 0 saturated carbocycles. The molecule has 0 aliphatic carbocycles. The van der Waals surface area contributed by atoms with Crippen molar-refractivity contribution in [2.75, 3.05) is 19.8 Å². The first-order valence-electron chi connectivity index (χ1n) is 8.48. The second kappa shape index (κ2) is 6.74. The quantitative estimate of drug-likeness (QED) is 0.837. The number of hydrogen-bond acceptors (Lipinski definition) is 3. The standard InChI is InChI=1S/C19H27NO2/c1-4-5-13(2)10-17-14(3)16(12-20-17)15-6-7-18-19(11-15)22-9-8-21-18/h6-7,11,14,16-17,20H,2,4-5,8-10,12H2,1,3H3/t14?,16-,17?/m0/s1. The van der Waals surface area contributed by atoms with E-state index in [0.29, 0.717) is 31.1 Å². The van der Waals surface area contributed by atoms with Gasteiger partial charge in [-0.3, -0.25) is 0 Å². The Hall–Kier alpha value is -1.48. The fourth-order valence-corrected chi connectivity index (χ4v) is 3.67. The van der Waals surface area contributed by atoms with E-state index in [0.717, 1.165) is 30.9 Å². The number of ether oxygens (including phenoxy) is 2. The molecule has 0 radical (unpaired) electrons. The van der Waals surface area contributed by atoms with Gasteiger partial charge in [-0.15, -0.1) is 0 Å². The molecule has 2 aliphatic rings. The maximum absolute atomic E-state index is 5.72. The summed E-state index contributed by atoms with van der Waals surface area (Å²) in [5.41, 5.74) is 2.72. The number of benzene rings is 1. The summed E-state index contributed by atoms with van der Waals surface area (Å²) in [5.74, 6) is 2.92. The van der Waals surface area contributed by atoms with Crippen LogP contribution in [0.25, 0.3) is 0 Å². The lowest BCUT2D eigenvalue weighted by Gasteiger charge is -2.23. The molecule has 0 amide bonds. The van der Waals surface area contributed by atoms with E-state index in [1.54, 1.807) is 0 Å². The average molecular weight is 301 g/mol. The van der Waals surface area contributed by atoms with E-state index >= 15 is 0 Å². The molecule has 3 nitrogen and oxygen atoms in total. The van der Waals surface area contributed by atoms with E-state index in [-0.39, 0.29) is 0 Å². The van der Waals surface area contributed by atoms with Crippen molar-refractivity contribution in [3.8, 4) is 11.5 Å². The normalized spacial score (nSPS) is 26.9. The Balaban J connectivity index is 1.69. The van der Waals surface area contributed by atoms with Crippen molar-refractivity contribution in [2.45, 2.75) is 45.1 Å². The topological polar surface area (TPSA) is 30.5 Å². The maximum atomic E-state index is 5.72. The van der Waals surface area contributed by atoms with Gasteiger partial charge in [0.1, 0.15) is 13.2 Å². The Morgan fingerprint density at radius 2 is 2.05 bits per heavy atom. The first-order chi connectivity index (χ1) is 10.7. The van der Waals surface area contributed by atoms with Crippen LogP contribution in [0.3, 0.4) is 0 Å². The first kappa shape index (κ1) is 15.4. The molecule has 1 fully saturated rings. The number of fused-ring (bicyclic) bond motifs is 1. The Morgan fingerprint density at radius 1 is 1.27 bits per heavy atom. The molecule has 120 valence electrons. The molecule has 3 atom stereocenters. The highest BCUT2D eigenvalue weighted by molar-refractivity contribution is 5.45. The lowest BCUT2D eigenvalue weighted by Crippen LogP contribution is -2.26. The molecule has 2 aliphatic heterocycles. The molecule has 1 aromatic rings. The zero-order valence-electron chi connectivity index (χ0n) is 13.7. The number of rotatable bonds is 5. The van der Waals surface area contributed by atoms with Gasteiger partial charge in [-0.2, -0.15) is 0 Å². The SMILES string of the molecule is C=C(CCC)CC1NC[C@H](c2ccc3c(c2)OCCO3)C1C. The van der Waals surface area contributed by atoms with Gasteiger partial charge in [0, 0.05) is 18.5 Å². The summed E-state index contributed by atoms with van der Waals surface area (Å²) in [6.45, 7) is 11.1. The Kier molecular flexibility index (Phi) is 4.72. The smallest absolute Gasteiger partial charge is 0.161 e. The third kappa shape index (κ3) is 3.14. The van der Waals surface area contributed by atoms with Gasteiger partial charge in [-0.25, -0.2) is 0 Å². The fourth-order valence-electron chi connectivity index (χ4n) is 3.67. The predicted molar refractivity (Wildman–Crippen MR) is 89.8 cm³/mol. The van der Waals surface area contributed by atoms with Crippen LogP contribution in [0.5, 0.6) is 11.5 Å². The van der Waals surface area contributed by atoms with Gasteiger partial charge in [-0.1, -0.05) is 38.5 Å². The van der Waals surface area contributed by atoms with Crippen LogP contribution in [0.15, 0.2) is 30.4 Å². The van der Waals surface area contributed by atoms with Crippen LogP contribution in [-0.2, 0) is 0 Å². The molecule has 1 N–H and O–H groups in total. The molecule has 3 heteroatoms. The van der Waals surface area contributed by atoms with E-state index in [2.05, 4.69) is 43.9 Å². The molecular formula is C19H27NO2. The Morgan fingerprint density at radius 3 is 2.82 bits per heavy atom. The molecule has 0 aromatic heterocycles. The van der Waals surface area contributed by atoms with Crippen LogP contribution >= 0.6 is 0 Å². The summed E-state index contributed by atoms with van der Waals surface area (Å²) in [6, 6.07) is 6.96. The van der Waals surface area contributed by atoms with Gasteiger partial charge >= 0.3 is 0 Å². The van der Waals surface area contributed by atoms with Crippen LogP contribution in [-0.4, -0.2) is 25.8 Å². The average Bonchev–Trinajstić information content (AvgIpc) is 2.88. The molecule has 22 heavy (non-hydrogen) atoms. The van der Waals surface area contributed by atoms with E-state index < -0.39 is 0 Å². The number of hydrogen-bond donors (Lipinski definition) is 1. The Labute approximate surface area is 133 Å². The zero-order chi connectivity index (χ0) is 15.5. The van der Waals surface area contributed by atoms with Crippen molar-refractivity contribution in [2.24, 2.45) is 5.92 Å². The maximum Gasteiger partial charge on any atom is 0.161 e. The molecule has 2 heterocycles. The first-order valence-corrected chi connectivity index (χ1v) is 8.48. The third-order valence-corrected chi connectivity index (χ3v) is 4.98. The van der Waals surface area contributed by atoms with Crippen LogP contribution in [0.2, 0.25) is 0 Å². The fraction of sp³-hybridized carbons (Fsp3) is 0.579. The summed E-state index contributed by atoms with van der Waals surface area (Å²) in [5, 5.41) is 3.69. The van der Waals surface area contributed by atoms with Gasteiger partial charge in [-0.05, 0) is 36.5 Å². The van der Waals surface area contributed by atoms with Crippen LogP contribution < -0.4 is 14.8 Å². The third-order valence-electron chi connectivity index (χ3n) is 4.98. The van der Waals surface area contributed by atoms with E-state index in [4.69, 9.17) is 9.47 Å². The summed E-state index contributed by atoms with van der Waals surface area (Å²) < 4.78 is 11.3. The van der Waals surface area contributed by atoms with Crippen molar-refractivity contribution < 1.29 is 9.47 Å². The second-order valence-electron chi connectivity index (χ2n) is 6.59. The summed E-state index contributed by atoms with van der Waals surface area (Å²) in [7, 11) is 0. The minimum Gasteiger partial charge on any atom is -0.486 e. The van der Waals surface area contributed by atoms with Crippen molar-refractivity contribution in [3.05, 3.63) is 35.9 Å². The van der Waals surface area contributed by atoms with Gasteiger partial charge in [0.25, 0.3) is 0 Å². The van der Waals surface area contributed by atoms with E-state index in [9.17, 15) is 0 Å². The lowest BCUT2D eigenvalue weighted by atomic mass is 9.84. The van der Waals surface area contributed by atoms with Crippen LogP contribution in [0, 0.1) is 5.92 Å². The molecule has 0 spiro atoms. The number of nitrogens with one attached hydrogen (secondary N) is 1. The summed E-state index contributed by atoms with van der Waals surface area (Å²) >= 11 is 0. The molecule has 0 bridgehead atoms. The van der Waals surface area contributed by atoms with Crippen LogP contribution in [0.1, 0.15) is 44.6 Å². The highest BCUT2D eigenvalue weighted by atomic mass is 16.6. The monoisotopic (exact) mass is 301 g/mol. The minimum absolute atomic E-state index is 0.537. The van der Waals surface area contributed by atoms with Crippen molar-refractivity contribution in [1.29, 1.82) is 0 Å². The Bertz CT molecular complexity index is 540. The predicted octanol–water partition coefficient (Wildman–Crippen LogP) is 3.90. The minimum atomic E-state index is 0.537. The van der Waals surface area contributed by atoms with Gasteiger partial charge in [0.2, 0.25) is 0 Å². The largest absolute Gasteiger partial charge is 0.486 e. The molecule has 3 rings (SSSR count). The highest BCUT2D eigenvalue weighted by Crippen LogP contribution is 2.39. The molecule has 2 unspecified atom stereocenters. The molecule has 1 aromatic carbocycles. The second-order valence-corrected chi connectivity index (χ2v) is 6.59. The summed E-state index contributed by atoms with van der Waals surface area (Å²) in [4.78, 5) is 0. The molecule has 1 saturated heterocycles. The van der Waals surface area contributed by atoms with Crippen molar-refractivity contribution in [3.63, 3.8) is 0 Å². The van der Waals surface area contributed by atoms with Gasteiger partial charge < -0.3 is 14.8 Å². The van der Waals surface area contributed by atoms with Crippen molar-refractivity contribution >= 4 is 0 Å². The lowest BCUT2D eigenvalue weighted by molar-refractivity contribution is 0.171. The highest BCUT2D eigenvalue weighted by Gasteiger charge is 2.33. The summed E-state index contributed by atoms with van der Waals surface area (Å²) in [6.07, 6.45) is 3.42. The molecular weight excluding hydrogens is 274 g/mol. The van der Waals surface area contributed by atoms with Gasteiger partial charge in [0.15, 0.2) is 11.5 Å². The van der Waals surface area contributed by atoms with Crippen molar-refractivity contribution in [1.82, 2.24) is 5.32 Å². The van der Waals surface area contributed by atoms with Gasteiger partial charge in [0.05, 0.1) is 0 Å². The van der Waals surface area contributed by atoms with E-state index in [1.165, 1.54) is 17.6 Å². The zero-order valence-corrected chi connectivity index (χ0v) is 13.7. The van der Waals surface area contributed by atoms with E-state index in [1.807, 2.05) is 0 Å². The van der Waals surface area contributed by atoms with Crippen LogP contribution in [0.4, 0.5) is 0 Å².